The molecule has 3 heteroatoms. The van der Waals surface area contributed by atoms with Crippen molar-refractivity contribution in [2.45, 2.75) is 32.6 Å². The number of hydrogen-bond donors (Lipinski definition) is 1. The van der Waals surface area contributed by atoms with Crippen molar-refractivity contribution in [3.63, 3.8) is 0 Å². The molecule has 0 bridgehead atoms. The van der Waals surface area contributed by atoms with Crippen LogP contribution in [0.3, 0.4) is 0 Å². The molecule has 14 heavy (non-hydrogen) atoms. The third kappa shape index (κ3) is 1.24. The van der Waals surface area contributed by atoms with Crippen LogP contribution in [0.4, 0.5) is 0 Å². The van der Waals surface area contributed by atoms with E-state index in [1.165, 1.54) is 0 Å². The van der Waals surface area contributed by atoms with Gasteiger partial charge in [-0.2, -0.15) is 0 Å². The maximum absolute atomic E-state index is 11.2. The summed E-state index contributed by atoms with van der Waals surface area (Å²) in [6.07, 6.45) is 5.06. The Balaban J connectivity index is 2.49. The number of aliphatic carboxylic acids is 1. The van der Waals surface area contributed by atoms with E-state index in [0.717, 1.165) is 24.0 Å². The van der Waals surface area contributed by atoms with Gasteiger partial charge in [-0.25, -0.2) is 0 Å². The number of fused-ring (bicyclic) bond motifs is 1. The molecule has 2 rings (SSSR count). The van der Waals surface area contributed by atoms with Crippen LogP contribution in [0.1, 0.15) is 37.3 Å². The topological polar surface area (TPSA) is 50.4 Å². The Morgan fingerprint density at radius 2 is 2.29 bits per heavy atom. The molecule has 76 valence electrons. The first-order valence-corrected chi connectivity index (χ1v) is 4.80. The molecular weight excluding hydrogens is 180 g/mol. The van der Waals surface area contributed by atoms with Crippen molar-refractivity contribution < 1.29 is 14.3 Å². The van der Waals surface area contributed by atoms with Gasteiger partial charge in [0.15, 0.2) is 0 Å². The third-order valence-electron chi connectivity index (χ3n) is 3.15. The molecule has 1 unspecified atom stereocenters. The first-order chi connectivity index (χ1) is 6.52. The van der Waals surface area contributed by atoms with E-state index in [9.17, 15) is 9.90 Å². The Bertz CT molecular complexity index is 362. The monoisotopic (exact) mass is 194 g/mol. The molecule has 1 aliphatic rings. The Labute approximate surface area is 82.7 Å². The molecule has 0 fully saturated rings. The van der Waals surface area contributed by atoms with Crippen molar-refractivity contribution >= 4 is 5.97 Å². The standard InChI is InChI=1S/C11H14O3/c1-11(2)4-3-7-5-14-6-8(7)9(11)10(12)13/h5-6,9H,3-4H2,1-2H3,(H,12,13). The summed E-state index contributed by atoms with van der Waals surface area (Å²) in [6.45, 7) is 4.00. The average Bonchev–Trinajstić information content (AvgIpc) is 2.48. The van der Waals surface area contributed by atoms with Crippen molar-refractivity contribution in [2.24, 2.45) is 5.41 Å². The number of carboxylic acids is 1. The van der Waals surface area contributed by atoms with Crippen LogP contribution >= 0.6 is 0 Å². The largest absolute Gasteiger partial charge is 0.481 e. The molecule has 0 aliphatic heterocycles. The molecule has 1 aliphatic carbocycles. The molecule has 0 saturated carbocycles. The maximum Gasteiger partial charge on any atom is 0.311 e. The van der Waals surface area contributed by atoms with Gasteiger partial charge >= 0.3 is 5.97 Å². The summed E-state index contributed by atoms with van der Waals surface area (Å²) in [5, 5.41) is 9.20. The van der Waals surface area contributed by atoms with Crippen LogP contribution in [0.5, 0.6) is 0 Å². The summed E-state index contributed by atoms with van der Waals surface area (Å²) >= 11 is 0. The lowest BCUT2D eigenvalue weighted by molar-refractivity contribution is -0.142. The Morgan fingerprint density at radius 1 is 1.57 bits per heavy atom. The number of furan rings is 1. The van der Waals surface area contributed by atoms with E-state index in [1.54, 1.807) is 12.5 Å². The Kier molecular flexibility index (Phi) is 1.91. The van der Waals surface area contributed by atoms with Crippen LogP contribution < -0.4 is 0 Å². The normalized spacial score (nSPS) is 24.3. The average molecular weight is 194 g/mol. The summed E-state index contributed by atoms with van der Waals surface area (Å²) in [7, 11) is 0. The van der Waals surface area contributed by atoms with E-state index in [0.29, 0.717) is 0 Å². The lowest BCUT2D eigenvalue weighted by Gasteiger charge is -2.35. The van der Waals surface area contributed by atoms with Crippen LogP contribution in [-0.2, 0) is 11.2 Å². The lowest BCUT2D eigenvalue weighted by atomic mass is 9.67. The Hall–Kier alpha value is -1.25. The second-order valence-electron chi connectivity index (χ2n) is 4.61. The minimum Gasteiger partial charge on any atom is -0.481 e. The SMILES string of the molecule is CC1(C)CCc2cocc2C1C(=O)O. The molecule has 0 amide bonds. The highest BCUT2D eigenvalue weighted by molar-refractivity contribution is 5.78. The highest BCUT2D eigenvalue weighted by atomic mass is 16.4. The van der Waals surface area contributed by atoms with Crippen LogP contribution in [0.25, 0.3) is 0 Å². The zero-order valence-corrected chi connectivity index (χ0v) is 8.41. The first-order valence-electron chi connectivity index (χ1n) is 4.80. The van der Waals surface area contributed by atoms with E-state index in [4.69, 9.17) is 4.42 Å². The zero-order valence-electron chi connectivity index (χ0n) is 8.41. The van der Waals surface area contributed by atoms with Gasteiger partial charge in [0.1, 0.15) is 0 Å². The summed E-state index contributed by atoms with van der Waals surface area (Å²) < 4.78 is 5.08. The molecule has 0 saturated heterocycles. The van der Waals surface area contributed by atoms with Crippen LogP contribution in [0.15, 0.2) is 16.9 Å². The Morgan fingerprint density at radius 3 is 2.93 bits per heavy atom. The fourth-order valence-corrected chi connectivity index (χ4v) is 2.28. The highest BCUT2D eigenvalue weighted by Crippen LogP contribution is 2.45. The van der Waals surface area contributed by atoms with E-state index in [1.807, 2.05) is 13.8 Å². The summed E-state index contributed by atoms with van der Waals surface area (Å²) in [6, 6.07) is 0. The summed E-state index contributed by atoms with van der Waals surface area (Å²) in [5.74, 6) is -1.18. The van der Waals surface area contributed by atoms with Gasteiger partial charge in [0.05, 0.1) is 18.4 Å². The number of carbonyl (C=O) groups is 1. The molecule has 0 radical (unpaired) electrons. The summed E-state index contributed by atoms with van der Waals surface area (Å²) in [5.41, 5.74) is 1.73. The van der Waals surface area contributed by atoms with Gasteiger partial charge in [-0.05, 0) is 23.8 Å². The molecule has 1 N–H and O–H groups in total. The molecule has 0 aromatic carbocycles. The van der Waals surface area contributed by atoms with Crippen LogP contribution in [-0.4, -0.2) is 11.1 Å². The van der Waals surface area contributed by atoms with E-state index < -0.39 is 11.9 Å². The number of hydrogen-bond acceptors (Lipinski definition) is 2. The van der Waals surface area contributed by atoms with Gasteiger partial charge in [-0.15, -0.1) is 0 Å². The second kappa shape index (κ2) is 2.87. The smallest absolute Gasteiger partial charge is 0.311 e. The van der Waals surface area contributed by atoms with Crippen molar-refractivity contribution in [2.75, 3.05) is 0 Å². The fourth-order valence-electron chi connectivity index (χ4n) is 2.28. The maximum atomic E-state index is 11.2. The van der Waals surface area contributed by atoms with Crippen molar-refractivity contribution in [3.05, 3.63) is 23.7 Å². The molecular formula is C11H14O3. The van der Waals surface area contributed by atoms with Gasteiger partial charge in [0, 0.05) is 5.56 Å². The molecule has 3 nitrogen and oxygen atoms in total. The van der Waals surface area contributed by atoms with Crippen molar-refractivity contribution in [1.29, 1.82) is 0 Å². The highest BCUT2D eigenvalue weighted by Gasteiger charge is 2.41. The van der Waals surface area contributed by atoms with E-state index in [2.05, 4.69) is 0 Å². The lowest BCUT2D eigenvalue weighted by Crippen LogP contribution is -2.33. The predicted molar refractivity (Wildman–Crippen MR) is 51.2 cm³/mol. The van der Waals surface area contributed by atoms with Crippen molar-refractivity contribution in [1.82, 2.24) is 0 Å². The van der Waals surface area contributed by atoms with Crippen LogP contribution in [0.2, 0.25) is 0 Å². The zero-order chi connectivity index (χ0) is 10.3. The quantitative estimate of drug-likeness (QED) is 0.746. The number of rotatable bonds is 1. The predicted octanol–water partition coefficient (Wildman–Crippen LogP) is 2.42. The van der Waals surface area contributed by atoms with Gasteiger partial charge in [-0.1, -0.05) is 13.8 Å². The fraction of sp³-hybridized carbons (Fsp3) is 0.545. The van der Waals surface area contributed by atoms with Gasteiger partial charge in [0.2, 0.25) is 0 Å². The summed E-state index contributed by atoms with van der Waals surface area (Å²) in [4.78, 5) is 11.2. The molecule has 0 spiro atoms. The molecule has 1 heterocycles. The number of carboxylic acid groups (broad SMARTS) is 1. The van der Waals surface area contributed by atoms with Gasteiger partial charge < -0.3 is 9.52 Å². The van der Waals surface area contributed by atoms with Crippen LogP contribution in [0, 0.1) is 5.41 Å². The molecule has 1 aromatic rings. The van der Waals surface area contributed by atoms with E-state index in [-0.39, 0.29) is 5.41 Å². The third-order valence-corrected chi connectivity index (χ3v) is 3.15. The van der Waals surface area contributed by atoms with Gasteiger partial charge in [-0.3, -0.25) is 4.79 Å². The first kappa shape index (κ1) is 9.31. The second-order valence-corrected chi connectivity index (χ2v) is 4.61. The number of aryl methyl sites for hydroxylation is 1. The minimum absolute atomic E-state index is 0.178. The van der Waals surface area contributed by atoms with Gasteiger partial charge in [0.25, 0.3) is 0 Å². The molecule has 1 aromatic heterocycles. The minimum atomic E-state index is -0.752. The van der Waals surface area contributed by atoms with E-state index >= 15 is 0 Å². The van der Waals surface area contributed by atoms with Crippen molar-refractivity contribution in [3.8, 4) is 0 Å². The molecule has 1 atom stereocenters.